The van der Waals surface area contributed by atoms with Crippen LogP contribution in [0.3, 0.4) is 0 Å². The SMILES string of the molecule is CNC(=O)OC1C(C#N)=C(OC2=C(C#N)C(OC(=O)NC)C(c3ccccc3C(F)(F)F)([N+](=O)[O-])C=C2)C=CC1(c1ccccc1C(F)(F)F)[N+](=O)[O-]. The lowest BCUT2D eigenvalue weighted by molar-refractivity contribution is -0.574. The monoisotopic (exact) mass is 748 g/mol. The molecule has 21 heteroatoms. The summed E-state index contributed by atoms with van der Waals surface area (Å²) in [6.45, 7) is 0. The van der Waals surface area contributed by atoms with Gasteiger partial charge in [-0.05, 0) is 24.3 Å². The Morgan fingerprint density at radius 2 is 1.06 bits per heavy atom. The van der Waals surface area contributed by atoms with Crippen molar-refractivity contribution < 1.29 is 60.0 Å². The van der Waals surface area contributed by atoms with Gasteiger partial charge in [-0.25, -0.2) is 9.59 Å². The van der Waals surface area contributed by atoms with Gasteiger partial charge < -0.3 is 24.8 Å². The molecule has 276 valence electrons. The Labute approximate surface area is 293 Å². The van der Waals surface area contributed by atoms with E-state index in [2.05, 4.69) is 0 Å². The zero-order chi connectivity index (χ0) is 39.5. The number of hydrogen-bond acceptors (Lipinski definition) is 11. The summed E-state index contributed by atoms with van der Waals surface area (Å²) in [4.78, 5) is 48.0. The molecule has 2 N–H and O–H groups in total. The predicted octanol–water partition coefficient (Wildman–Crippen LogP) is 5.53. The number of nitrogens with one attached hydrogen (secondary N) is 2. The standard InChI is InChI=1S/C32H22F6N6O9/c1-41-27(45)52-25-17(15-39)23(11-13-29(25,43(47)48)19-7-3-5-9-21(19)31(33,34)35)51-24-12-14-30(44(49)50,26(18(24)16-40)53-28(46)42-2)20-8-4-6-10-22(20)32(36,37)38/h3-14,25-26H,1-2H3,(H,41,45)(H,42,46). The fourth-order valence-corrected chi connectivity index (χ4v) is 5.74. The molecule has 4 unspecified atom stereocenters. The molecule has 0 aromatic heterocycles. The van der Waals surface area contributed by atoms with Crippen molar-refractivity contribution >= 4 is 12.2 Å². The van der Waals surface area contributed by atoms with Gasteiger partial charge in [0.05, 0.1) is 11.1 Å². The molecular weight excluding hydrogens is 726 g/mol. The zero-order valence-electron chi connectivity index (χ0n) is 26.8. The van der Waals surface area contributed by atoms with E-state index in [-0.39, 0.29) is 0 Å². The van der Waals surface area contributed by atoms with Crippen LogP contribution in [0.5, 0.6) is 0 Å². The van der Waals surface area contributed by atoms with E-state index in [1.165, 1.54) is 12.1 Å². The van der Waals surface area contributed by atoms with Crippen LogP contribution in [0, 0.1) is 42.9 Å². The smallest absolute Gasteiger partial charge is 0.416 e. The Bertz CT molecular complexity index is 1940. The number of hydrogen-bond donors (Lipinski definition) is 2. The second-order valence-electron chi connectivity index (χ2n) is 10.9. The predicted molar refractivity (Wildman–Crippen MR) is 164 cm³/mol. The lowest BCUT2D eigenvalue weighted by atomic mass is 9.75. The molecular formula is C32H22F6N6O9. The number of carbonyl (C=O) groups excluding carboxylic acids is 2. The molecule has 0 bridgehead atoms. The van der Waals surface area contributed by atoms with Gasteiger partial charge in [0.15, 0.2) is 0 Å². The van der Waals surface area contributed by atoms with Crippen LogP contribution >= 0.6 is 0 Å². The number of halogens is 6. The van der Waals surface area contributed by atoms with Crippen molar-refractivity contribution in [1.82, 2.24) is 10.6 Å². The topological polar surface area (TPSA) is 220 Å². The van der Waals surface area contributed by atoms with Crippen LogP contribution in [0.1, 0.15) is 22.3 Å². The van der Waals surface area contributed by atoms with Gasteiger partial charge in [0.1, 0.15) is 34.8 Å². The summed E-state index contributed by atoms with van der Waals surface area (Å²) >= 11 is 0. The highest BCUT2D eigenvalue weighted by molar-refractivity contribution is 5.69. The molecule has 0 fully saturated rings. The molecule has 15 nitrogen and oxygen atoms in total. The fraction of sp³-hybridized carbons (Fsp3) is 0.250. The van der Waals surface area contributed by atoms with E-state index in [1.807, 2.05) is 10.6 Å². The van der Waals surface area contributed by atoms with E-state index in [4.69, 9.17) is 14.2 Å². The Morgan fingerprint density at radius 3 is 1.34 bits per heavy atom. The van der Waals surface area contributed by atoms with E-state index >= 15 is 0 Å². The highest BCUT2D eigenvalue weighted by atomic mass is 19.4. The molecule has 2 aromatic carbocycles. The number of allylic oxidation sites excluding steroid dienone is 2. The van der Waals surface area contributed by atoms with Crippen molar-refractivity contribution in [2.45, 2.75) is 35.6 Å². The van der Waals surface area contributed by atoms with Crippen molar-refractivity contribution in [2.24, 2.45) is 0 Å². The summed E-state index contributed by atoms with van der Waals surface area (Å²) in [6.07, 6.45) is -16.1. The third kappa shape index (κ3) is 6.79. The quantitative estimate of drug-likeness (QED) is 0.194. The number of benzene rings is 2. The van der Waals surface area contributed by atoms with Crippen molar-refractivity contribution in [2.75, 3.05) is 14.1 Å². The number of amides is 2. The fourth-order valence-electron chi connectivity index (χ4n) is 5.74. The average molecular weight is 749 g/mol. The van der Waals surface area contributed by atoms with Gasteiger partial charge >= 0.3 is 35.6 Å². The van der Waals surface area contributed by atoms with Gasteiger partial charge in [0, 0.05) is 47.2 Å². The number of carbonyl (C=O) groups is 2. The maximum Gasteiger partial charge on any atom is 0.416 e. The average Bonchev–Trinajstić information content (AvgIpc) is 3.11. The molecule has 0 spiro atoms. The molecule has 4 atom stereocenters. The number of nitriles is 2. The molecule has 0 radical (unpaired) electrons. The number of ether oxygens (including phenoxy) is 3. The van der Waals surface area contributed by atoms with Crippen LogP contribution in [0.2, 0.25) is 0 Å². The summed E-state index contributed by atoms with van der Waals surface area (Å²) in [5.74, 6) is -1.64. The van der Waals surface area contributed by atoms with Gasteiger partial charge in [-0.15, -0.1) is 0 Å². The van der Waals surface area contributed by atoms with Crippen LogP contribution in [0.15, 0.2) is 95.5 Å². The number of nitrogens with zero attached hydrogens (tertiary/aromatic N) is 4. The van der Waals surface area contributed by atoms with Crippen molar-refractivity contribution in [3.63, 3.8) is 0 Å². The van der Waals surface area contributed by atoms with E-state index in [1.54, 1.807) is 0 Å². The minimum atomic E-state index is -5.20. The Balaban J connectivity index is 2.00. The second-order valence-corrected chi connectivity index (χ2v) is 10.9. The number of nitro groups is 2. The highest BCUT2D eigenvalue weighted by Crippen LogP contribution is 2.48. The largest absolute Gasteiger partial charge is 0.455 e. The third-order valence-corrected chi connectivity index (χ3v) is 8.08. The van der Waals surface area contributed by atoms with Crippen LogP contribution in [0.4, 0.5) is 35.9 Å². The first-order valence-electron chi connectivity index (χ1n) is 14.6. The van der Waals surface area contributed by atoms with Crippen LogP contribution in [-0.2, 0) is 37.6 Å². The Kier molecular flexibility index (Phi) is 10.6. The Hall–Kier alpha value is -6.90. The van der Waals surface area contributed by atoms with Gasteiger partial charge in [0.2, 0.25) is 12.2 Å². The first-order chi connectivity index (χ1) is 24.8. The molecule has 2 aromatic rings. The maximum absolute atomic E-state index is 14.2. The molecule has 2 amide bonds. The lowest BCUT2D eigenvalue weighted by Crippen LogP contribution is -2.52. The highest BCUT2D eigenvalue weighted by Gasteiger charge is 2.62. The first kappa shape index (κ1) is 38.9. The van der Waals surface area contributed by atoms with Gasteiger partial charge in [-0.1, -0.05) is 36.4 Å². The normalized spacial score (nSPS) is 22.6. The zero-order valence-corrected chi connectivity index (χ0v) is 26.8. The second kappa shape index (κ2) is 14.4. The van der Waals surface area contributed by atoms with E-state index in [0.29, 0.717) is 48.6 Å². The molecule has 0 saturated heterocycles. The Morgan fingerprint density at radius 1 is 0.717 bits per heavy atom. The maximum atomic E-state index is 14.2. The molecule has 4 rings (SSSR count). The van der Waals surface area contributed by atoms with Crippen LogP contribution in [0.25, 0.3) is 0 Å². The lowest BCUT2D eigenvalue weighted by Gasteiger charge is -2.36. The van der Waals surface area contributed by atoms with Crippen molar-refractivity contribution in [3.8, 4) is 12.1 Å². The van der Waals surface area contributed by atoms with Crippen molar-refractivity contribution in [1.29, 1.82) is 10.5 Å². The summed E-state index contributed by atoms with van der Waals surface area (Å²) in [5, 5.41) is 49.9. The molecule has 53 heavy (non-hydrogen) atoms. The summed E-state index contributed by atoms with van der Waals surface area (Å²) in [6, 6.07) is 9.31. The van der Waals surface area contributed by atoms with Gasteiger partial charge in [-0.2, -0.15) is 36.9 Å². The first-order valence-corrected chi connectivity index (χ1v) is 14.6. The van der Waals surface area contributed by atoms with E-state index in [0.717, 1.165) is 38.4 Å². The number of rotatable bonds is 8. The van der Waals surface area contributed by atoms with Gasteiger partial charge in [-0.3, -0.25) is 20.2 Å². The summed E-state index contributed by atoms with van der Waals surface area (Å²) in [5.41, 5.74) is -13.5. The number of alkyl carbamates (subject to hydrolysis) is 2. The molecule has 2 aliphatic carbocycles. The minimum absolute atomic E-state index is 0.509. The van der Waals surface area contributed by atoms with Crippen LogP contribution < -0.4 is 10.6 Å². The van der Waals surface area contributed by atoms with Gasteiger partial charge in [0.25, 0.3) is 0 Å². The summed E-state index contributed by atoms with van der Waals surface area (Å²) < 4.78 is 101. The summed E-state index contributed by atoms with van der Waals surface area (Å²) in [7, 11) is 1.99. The molecule has 0 saturated carbocycles. The van der Waals surface area contributed by atoms with Crippen molar-refractivity contribution in [3.05, 3.63) is 138 Å². The van der Waals surface area contributed by atoms with E-state index < -0.39 is 103 Å². The minimum Gasteiger partial charge on any atom is -0.455 e. The van der Waals surface area contributed by atoms with Crippen LogP contribution in [-0.4, -0.2) is 48.3 Å². The molecule has 2 aliphatic rings. The van der Waals surface area contributed by atoms with E-state index in [9.17, 15) is 66.7 Å². The molecule has 0 heterocycles. The number of alkyl halides is 6. The molecule has 0 aliphatic heterocycles. The third-order valence-electron chi connectivity index (χ3n) is 8.08.